The minimum absolute atomic E-state index is 0.0306. The van der Waals surface area contributed by atoms with Crippen LogP contribution in [0.25, 0.3) is 11.0 Å². The third kappa shape index (κ3) is 2.43. The van der Waals surface area contributed by atoms with Crippen LogP contribution in [0.2, 0.25) is 0 Å². The van der Waals surface area contributed by atoms with Crippen LogP contribution in [-0.4, -0.2) is 15.5 Å². The lowest BCUT2D eigenvalue weighted by molar-refractivity contribution is 0.631. The second-order valence-corrected chi connectivity index (χ2v) is 4.61. The molecule has 0 saturated carbocycles. The van der Waals surface area contributed by atoms with E-state index in [0.717, 1.165) is 16.9 Å². The van der Waals surface area contributed by atoms with Gasteiger partial charge in [-0.1, -0.05) is 0 Å². The number of nitrogens with zero attached hydrogens (tertiary/aromatic N) is 2. The lowest BCUT2D eigenvalue weighted by Crippen LogP contribution is -2.26. The van der Waals surface area contributed by atoms with Gasteiger partial charge in [0.1, 0.15) is 5.82 Å². The maximum absolute atomic E-state index is 4.49. The highest BCUT2D eigenvalue weighted by Gasteiger charge is 2.10. The molecule has 0 bridgehead atoms. The van der Waals surface area contributed by atoms with Crippen molar-refractivity contribution in [3.05, 3.63) is 30.5 Å². The Morgan fingerprint density at radius 1 is 1.07 bits per heavy atom. The molecule has 0 atom stereocenters. The summed E-state index contributed by atoms with van der Waals surface area (Å²) in [5.74, 6) is 0.892. The van der Waals surface area contributed by atoms with Crippen LogP contribution in [0.5, 0.6) is 0 Å². The molecular weight excluding hydrogens is 186 g/mol. The SMILES string of the molecule is CC(C)(C)Nc1ccc2ncccc2n1. The first kappa shape index (κ1) is 9.90. The van der Waals surface area contributed by atoms with E-state index in [2.05, 4.69) is 36.1 Å². The molecule has 2 aromatic rings. The Bertz CT molecular complexity index is 471. The second-order valence-electron chi connectivity index (χ2n) is 4.61. The molecule has 0 amide bonds. The molecule has 0 aliphatic heterocycles. The van der Waals surface area contributed by atoms with Crippen molar-refractivity contribution in [3.63, 3.8) is 0 Å². The van der Waals surface area contributed by atoms with Crippen LogP contribution < -0.4 is 5.32 Å². The molecule has 78 valence electrons. The Morgan fingerprint density at radius 2 is 1.87 bits per heavy atom. The molecule has 3 heteroatoms. The Labute approximate surface area is 89.6 Å². The van der Waals surface area contributed by atoms with Crippen LogP contribution in [0.4, 0.5) is 5.82 Å². The first-order valence-electron chi connectivity index (χ1n) is 5.05. The first-order valence-corrected chi connectivity index (χ1v) is 5.05. The highest BCUT2D eigenvalue weighted by atomic mass is 15.0. The van der Waals surface area contributed by atoms with Gasteiger partial charge in [-0.3, -0.25) is 4.98 Å². The molecule has 0 radical (unpaired) electrons. The minimum atomic E-state index is 0.0306. The average Bonchev–Trinajstić information content (AvgIpc) is 2.15. The highest BCUT2D eigenvalue weighted by molar-refractivity contribution is 5.75. The fourth-order valence-corrected chi connectivity index (χ4v) is 1.41. The first-order chi connectivity index (χ1) is 7.04. The number of rotatable bonds is 1. The molecule has 3 nitrogen and oxygen atoms in total. The topological polar surface area (TPSA) is 37.8 Å². The maximum Gasteiger partial charge on any atom is 0.127 e. The molecule has 0 saturated heterocycles. The zero-order valence-corrected chi connectivity index (χ0v) is 9.28. The van der Waals surface area contributed by atoms with E-state index in [0.29, 0.717) is 0 Å². The van der Waals surface area contributed by atoms with Crippen LogP contribution in [0.1, 0.15) is 20.8 Å². The average molecular weight is 201 g/mol. The molecule has 0 aromatic carbocycles. The second kappa shape index (κ2) is 3.50. The Hall–Kier alpha value is -1.64. The third-order valence-corrected chi connectivity index (χ3v) is 1.96. The fourth-order valence-electron chi connectivity index (χ4n) is 1.41. The third-order valence-electron chi connectivity index (χ3n) is 1.96. The summed E-state index contributed by atoms with van der Waals surface area (Å²) in [7, 11) is 0. The van der Waals surface area contributed by atoms with Gasteiger partial charge in [0.25, 0.3) is 0 Å². The van der Waals surface area contributed by atoms with Crippen molar-refractivity contribution in [2.45, 2.75) is 26.3 Å². The number of anilines is 1. The van der Waals surface area contributed by atoms with Gasteiger partial charge in [0.05, 0.1) is 11.0 Å². The molecule has 15 heavy (non-hydrogen) atoms. The number of fused-ring (bicyclic) bond motifs is 1. The number of hydrogen-bond acceptors (Lipinski definition) is 3. The van der Waals surface area contributed by atoms with E-state index in [9.17, 15) is 0 Å². The summed E-state index contributed by atoms with van der Waals surface area (Å²) in [5.41, 5.74) is 1.88. The number of nitrogens with one attached hydrogen (secondary N) is 1. The van der Waals surface area contributed by atoms with Crippen molar-refractivity contribution < 1.29 is 0 Å². The summed E-state index contributed by atoms with van der Waals surface area (Å²) >= 11 is 0. The van der Waals surface area contributed by atoms with Crippen LogP contribution in [0, 0.1) is 0 Å². The Kier molecular flexibility index (Phi) is 2.31. The summed E-state index contributed by atoms with van der Waals surface area (Å²) in [4.78, 5) is 8.72. The van der Waals surface area contributed by atoms with E-state index in [1.54, 1.807) is 6.20 Å². The number of aromatic nitrogens is 2. The fraction of sp³-hybridized carbons (Fsp3) is 0.333. The summed E-state index contributed by atoms with van der Waals surface area (Å²) < 4.78 is 0. The minimum Gasteiger partial charge on any atom is -0.365 e. The van der Waals surface area contributed by atoms with Gasteiger partial charge >= 0.3 is 0 Å². The van der Waals surface area contributed by atoms with E-state index in [-0.39, 0.29) is 5.54 Å². The summed E-state index contributed by atoms with van der Waals surface area (Å²) in [6.07, 6.45) is 1.78. The van der Waals surface area contributed by atoms with E-state index < -0.39 is 0 Å². The molecule has 0 fully saturated rings. The maximum atomic E-state index is 4.49. The Balaban J connectivity index is 2.39. The van der Waals surface area contributed by atoms with Gasteiger partial charge in [0.2, 0.25) is 0 Å². The molecule has 0 spiro atoms. The summed E-state index contributed by atoms with van der Waals surface area (Å²) in [6.45, 7) is 6.34. The summed E-state index contributed by atoms with van der Waals surface area (Å²) in [5, 5.41) is 3.33. The quantitative estimate of drug-likeness (QED) is 0.771. The zero-order valence-electron chi connectivity index (χ0n) is 9.28. The van der Waals surface area contributed by atoms with Crippen LogP contribution in [0.3, 0.4) is 0 Å². The van der Waals surface area contributed by atoms with Crippen molar-refractivity contribution in [2.75, 3.05) is 5.32 Å². The lowest BCUT2D eigenvalue weighted by Gasteiger charge is -2.21. The molecule has 1 N–H and O–H groups in total. The predicted molar refractivity (Wildman–Crippen MR) is 62.9 cm³/mol. The van der Waals surface area contributed by atoms with Crippen molar-refractivity contribution in [1.82, 2.24) is 9.97 Å². The standard InChI is InChI=1S/C12H15N3/c1-12(2,3)15-11-7-6-9-10(14-11)5-4-8-13-9/h4-8H,1-3H3,(H,14,15). The van der Waals surface area contributed by atoms with Gasteiger partial charge in [0, 0.05) is 11.7 Å². The smallest absolute Gasteiger partial charge is 0.127 e. The van der Waals surface area contributed by atoms with Gasteiger partial charge in [-0.25, -0.2) is 4.98 Å². The van der Waals surface area contributed by atoms with Crippen LogP contribution >= 0.6 is 0 Å². The number of pyridine rings is 2. The van der Waals surface area contributed by atoms with Gasteiger partial charge in [-0.2, -0.15) is 0 Å². The molecule has 2 rings (SSSR count). The molecule has 0 aliphatic rings. The van der Waals surface area contributed by atoms with Gasteiger partial charge in [-0.15, -0.1) is 0 Å². The van der Waals surface area contributed by atoms with Crippen molar-refractivity contribution in [3.8, 4) is 0 Å². The van der Waals surface area contributed by atoms with Crippen LogP contribution in [-0.2, 0) is 0 Å². The molecule has 2 heterocycles. The molecule has 0 aliphatic carbocycles. The van der Waals surface area contributed by atoms with Gasteiger partial charge < -0.3 is 5.32 Å². The molecule has 0 unspecified atom stereocenters. The normalized spacial score (nSPS) is 11.7. The zero-order chi connectivity index (χ0) is 10.9. The summed E-state index contributed by atoms with van der Waals surface area (Å²) in [6, 6.07) is 7.81. The largest absolute Gasteiger partial charge is 0.365 e. The van der Waals surface area contributed by atoms with Crippen molar-refractivity contribution in [2.24, 2.45) is 0 Å². The monoisotopic (exact) mass is 201 g/mol. The van der Waals surface area contributed by atoms with E-state index in [4.69, 9.17) is 0 Å². The van der Waals surface area contributed by atoms with E-state index >= 15 is 0 Å². The molecule has 2 aromatic heterocycles. The van der Waals surface area contributed by atoms with Gasteiger partial charge in [0.15, 0.2) is 0 Å². The van der Waals surface area contributed by atoms with Crippen molar-refractivity contribution >= 4 is 16.9 Å². The lowest BCUT2D eigenvalue weighted by atomic mass is 10.1. The van der Waals surface area contributed by atoms with E-state index in [1.807, 2.05) is 24.3 Å². The van der Waals surface area contributed by atoms with Crippen LogP contribution in [0.15, 0.2) is 30.5 Å². The van der Waals surface area contributed by atoms with Gasteiger partial charge in [-0.05, 0) is 45.0 Å². The Morgan fingerprint density at radius 3 is 2.60 bits per heavy atom. The molecular formula is C12H15N3. The van der Waals surface area contributed by atoms with E-state index in [1.165, 1.54) is 0 Å². The predicted octanol–water partition coefficient (Wildman–Crippen LogP) is 2.84. The highest BCUT2D eigenvalue weighted by Crippen LogP contribution is 2.15. The van der Waals surface area contributed by atoms with Crippen molar-refractivity contribution in [1.29, 1.82) is 0 Å². The number of hydrogen-bond donors (Lipinski definition) is 1.